The van der Waals surface area contributed by atoms with E-state index in [-0.39, 0.29) is 0 Å². The molecule has 0 spiro atoms. The number of hydrogen-bond acceptors (Lipinski definition) is 3. The van der Waals surface area contributed by atoms with Gasteiger partial charge in [0.05, 0.1) is 19.1 Å². The van der Waals surface area contributed by atoms with Crippen LogP contribution in [0.3, 0.4) is 0 Å². The first-order valence-electron chi connectivity index (χ1n) is 5.76. The average Bonchev–Trinajstić information content (AvgIpc) is 2.77. The Balaban J connectivity index is 2.23. The maximum atomic E-state index is 5.05. The summed E-state index contributed by atoms with van der Waals surface area (Å²) in [6.45, 7) is 10.3. The molecule has 1 N–H and O–H groups in total. The molecule has 0 aliphatic rings. The van der Waals surface area contributed by atoms with E-state index in [9.17, 15) is 0 Å². The van der Waals surface area contributed by atoms with Crippen molar-refractivity contribution in [1.29, 1.82) is 0 Å². The normalized spacial score (nSPS) is 12.4. The minimum atomic E-state index is 0.337. The maximum Gasteiger partial charge on any atom is 0.0885 e. The highest BCUT2D eigenvalue weighted by molar-refractivity contribution is 5.08. The van der Waals surface area contributed by atoms with Crippen molar-refractivity contribution in [2.45, 2.75) is 32.9 Å². The second-order valence-corrected chi connectivity index (χ2v) is 3.70. The van der Waals surface area contributed by atoms with E-state index in [1.807, 2.05) is 10.9 Å². The number of ether oxygens (including phenoxy) is 1. The molecule has 4 heteroatoms. The highest BCUT2D eigenvalue weighted by Gasteiger charge is 2.06. The lowest BCUT2D eigenvalue weighted by atomic mass is 10.2. The van der Waals surface area contributed by atoms with Gasteiger partial charge in [0.2, 0.25) is 0 Å². The molecule has 4 nitrogen and oxygen atoms in total. The van der Waals surface area contributed by atoms with Gasteiger partial charge in [0.1, 0.15) is 0 Å². The predicted molar refractivity (Wildman–Crippen MR) is 65.1 cm³/mol. The molecular weight excluding hydrogens is 202 g/mol. The Morgan fingerprint density at radius 2 is 2.50 bits per heavy atom. The second kappa shape index (κ2) is 7.06. The third-order valence-electron chi connectivity index (χ3n) is 2.48. The highest BCUT2D eigenvalue weighted by atomic mass is 16.5. The third-order valence-corrected chi connectivity index (χ3v) is 2.48. The van der Waals surface area contributed by atoms with E-state index in [4.69, 9.17) is 4.74 Å². The Morgan fingerprint density at radius 3 is 3.12 bits per heavy atom. The number of aromatic nitrogens is 2. The SMILES string of the molecule is C=COCCCNC(C)c1cnn(CC)c1. The molecule has 0 amide bonds. The minimum Gasteiger partial charge on any atom is -0.502 e. The van der Waals surface area contributed by atoms with E-state index in [2.05, 4.69) is 37.0 Å². The zero-order valence-electron chi connectivity index (χ0n) is 10.1. The lowest BCUT2D eigenvalue weighted by molar-refractivity contribution is 0.243. The molecule has 0 aromatic carbocycles. The fourth-order valence-electron chi connectivity index (χ4n) is 1.45. The van der Waals surface area contributed by atoms with E-state index < -0.39 is 0 Å². The van der Waals surface area contributed by atoms with Crippen LogP contribution in [0.5, 0.6) is 0 Å². The summed E-state index contributed by atoms with van der Waals surface area (Å²) >= 11 is 0. The van der Waals surface area contributed by atoms with E-state index in [1.165, 1.54) is 11.8 Å². The van der Waals surface area contributed by atoms with Crippen LogP contribution in [0.2, 0.25) is 0 Å². The Kier molecular flexibility index (Phi) is 5.64. The molecule has 1 atom stereocenters. The molecule has 0 fully saturated rings. The quantitative estimate of drug-likeness (QED) is 0.542. The summed E-state index contributed by atoms with van der Waals surface area (Å²) in [7, 11) is 0. The van der Waals surface area contributed by atoms with Crippen LogP contribution in [-0.4, -0.2) is 22.9 Å². The van der Waals surface area contributed by atoms with Crippen LogP contribution < -0.4 is 5.32 Å². The Hall–Kier alpha value is -1.29. The molecule has 1 aromatic heterocycles. The van der Waals surface area contributed by atoms with Gasteiger partial charge in [-0.25, -0.2) is 0 Å². The van der Waals surface area contributed by atoms with Gasteiger partial charge in [0.15, 0.2) is 0 Å². The summed E-state index contributed by atoms with van der Waals surface area (Å²) < 4.78 is 6.99. The molecule has 0 aliphatic heterocycles. The summed E-state index contributed by atoms with van der Waals surface area (Å²) in [5.74, 6) is 0. The number of nitrogens with one attached hydrogen (secondary N) is 1. The van der Waals surface area contributed by atoms with E-state index >= 15 is 0 Å². The van der Waals surface area contributed by atoms with E-state index in [1.54, 1.807) is 0 Å². The van der Waals surface area contributed by atoms with Crippen molar-refractivity contribution in [1.82, 2.24) is 15.1 Å². The maximum absolute atomic E-state index is 5.05. The molecule has 1 aromatic rings. The summed E-state index contributed by atoms with van der Waals surface area (Å²) in [5.41, 5.74) is 1.23. The minimum absolute atomic E-state index is 0.337. The molecule has 1 unspecified atom stereocenters. The van der Waals surface area contributed by atoms with Gasteiger partial charge in [0.25, 0.3) is 0 Å². The van der Waals surface area contributed by atoms with Crippen LogP contribution in [0.15, 0.2) is 25.2 Å². The number of aryl methyl sites for hydroxylation is 1. The van der Waals surface area contributed by atoms with Crippen molar-refractivity contribution in [3.63, 3.8) is 0 Å². The van der Waals surface area contributed by atoms with Crippen LogP contribution in [0.1, 0.15) is 31.9 Å². The first-order chi connectivity index (χ1) is 7.77. The topological polar surface area (TPSA) is 39.1 Å². The predicted octanol–water partition coefficient (Wildman–Crippen LogP) is 2.10. The lowest BCUT2D eigenvalue weighted by Crippen LogP contribution is -2.20. The van der Waals surface area contributed by atoms with Crippen molar-refractivity contribution >= 4 is 0 Å². The standard InChI is InChI=1S/C12H21N3O/c1-4-15-10-12(9-14-15)11(3)13-7-6-8-16-5-2/h5,9-11,13H,2,4,6-8H2,1,3H3. The fraction of sp³-hybridized carbons (Fsp3) is 0.583. The Bertz CT molecular complexity index is 309. The van der Waals surface area contributed by atoms with Gasteiger partial charge >= 0.3 is 0 Å². The monoisotopic (exact) mass is 223 g/mol. The summed E-state index contributed by atoms with van der Waals surface area (Å²) in [5, 5.41) is 7.68. The molecule has 90 valence electrons. The average molecular weight is 223 g/mol. The van der Waals surface area contributed by atoms with Crippen LogP contribution in [0.25, 0.3) is 0 Å². The number of nitrogens with zero attached hydrogens (tertiary/aromatic N) is 2. The fourth-order valence-corrected chi connectivity index (χ4v) is 1.45. The molecule has 1 heterocycles. The second-order valence-electron chi connectivity index (χ2n) is 3.70. The summed E-state index contributed by atoms with van der Waals surface area (Å²) in [6.07, 6.45) is 6.46. The van der Waals surface area contributed by atoms with Crippen LogP contribution in [0, 0.1) is 0 Å². The first kappa shape index (κ1) is 12.8. The van der Waals surface area contributed by atoms with Crippen LogP contribution in [-0.2, 0) is 11.3 Å². The van der Waals surface area contributed by atoms with Crippen molar-refractivity contribution in [2.24, 2.45) is 0 Å². The van der Waals surface area contributed by atoms with Gasteiger partial charge in [-0.1, -0.05) is 6.58 Å². The van der Waals surface area contributed by atoms with Gasteiger partial charge < -0.3 is 10.1 Å². The van der Waals surface area contributed by atoms with Crippen molar-refractivity contribution in [3.8, 4) is 0 Å². The lowest BCUT2D eigenvalue weighted by Gasteiger charge is -2.11. The van der Waals surface area contributed by atoms with Crippen LogP contribution in [0.4, 0.5) is 0 Å². The summed E-state index contributed by atoms with van der Waals surface area (Å²) in [4.78, 5) is 0. The summed E-state index contributed by atoms with van der Waals surface area (Å²) in [6, 6.07) is 0.337. The molecular formula is C12H21N3O. The van der Waals surface area contributed by atoms with Gasteiger partial charge in [-0.3, -0.25) is 4.68 Å². The molecule has 16 heavy (non-hydrogen) atoms. The molecule has 0 bridgehead atoms. The molecule has 0 aliphatic carbocycles. The van der Waals surface area contributed by atoms with Gasteiger partial charge in [-0.2, -0.15) is 5.10 Å². The first-order valence-corrected chi connectivity index (χ1v) is 5.76. The molecule has 0 saturated carbocycles. The highest BCUT2D eigenvalue weighted by Crippen LogP contribution is 2.10. The van der Waals surface area contributed by atoms with Gasteiger partial charge in [-0.15, -0.1) is 0 Å². The largest absolute Gasteiger partial charge is 0.502 e. The van der Waals surface area contributed by atoms with Crippen LogP contribution >= 0.6 is 0 Å². The third kappa shape index (κ3) is 4.06. The van der Waals surface area contributed by atoms with Gasteiger partial charge in [0, 0.05) is 24.3 Å². The smallest absolute Gasteiger partial charge is 0.0885 e. The molecule has 0 saturated heterocycles. The van der Waals surface area contributed by atoms with Crippen molar-refractivity contribution < 1.29 is 4.74 Å². The van der Waals surface area contributed by atoms with Gasteiger partial charge in [-0.05, 0) is 26.8 Å². The van der Waals surface area contributed by atoms with Crippen molar-refractivity contribution in [3.05, 3.63) is 30.8 Å². The zero-order chi connectivity index (χ0) is 11.8. The number of hydrogen-bond donors (Lipinski definition) is 1. The molecule has 1 rings (SSSR count). The number of rotatable bonds is 8. The Labute approximate surface area is 97.3 Å². The molecule has 0 radical (unpaired) electrons. The van der Waals surface area contributed by atoms with E-state index in [0.29, 0.717) is 6.04 Å². The van der Waals surface area contributed by atoms with E-state index in [0.717, 1.165) is 26.1 Å². The Morgan fingerprint density at radius 1 is 1.69 bits per heavy atom. The van der Waals surface area contributed by atoms with Crippen molar-refractivity contribution in [2.75, 3.05) is 13.2 Å². The zero-order valence-corrected chi connectivity index (χ0v) is 10.1.